The molecule has 108 valence electrons. The minimum absolute atomic E-state index is 0.177. The van der Waals surface area contributed by atoms with E-state index >= 15 is 0 Å². The van der Waals surface area contributed by atoms with Crippen LogP contribution in [0.5, 0.6) is 0 Å². The zero-order valence-electron chi connectivity index (χ0n) is 12.0. The second kappa shape index (κ2) is 6.55. The molecule has 20 heavy (non-hydrogen) atoms. The van der Waals surface area contributed by atoms with Crippen LogP contribution in [0.1, 0.15) is 41.6 Å². The second-order valence-corrected chi connectivity index (χ2v) is 5.73. The average Bonchev–Trinajstić information content (AvgIpc) is 2.78. The van der Waals surface area contributed by atoms with E-state index in [1.165, 1.54) is 0 Å². The molecular formula is C16H19BrFNO. The minimum Gasteiger partial charge on any atom is -0.457 e. The molecular weight excluding hydrogens is 321 g/mol. The van der Waals surface area contributed by atoms with E-state index in [9.17, 15) is 4.39 Å². The molecule has 1 atom stereocenters. The van der Waals surface area contributed by atoms with Crippen molar-refractivity contribution in [3.63, 3.8) is 0 Å². The van der Waals surface area contributed by atoms with E-state index < -0.39 is 0 Å². The molecule has 0 spiro atoms. The highest BCUT2D eigenvalue weighted by atomic mass is 79.9. The Labute approximate surface area is 127 Å². The van der Waals surface area contributed by atoms with Crippen LogP contribution in [0.25, 0.3) is 0 Å². The lowest BCUT2D eigenvalue weighted by Gasteiger charge is -2.21. The number of hydrogen-bond donors (Lipinski definition) is 1. The molecule has 2 aromatic rings. The Morgan fingerprint density at radius 2 is 2.10 bits per heavy atom. The summed E-state index contributed by atoms with van der Waals surface area (Å²) in [4.78, 5) is 0. The predicted molar refractivity (Wildman–Crippen MR) is 82.4 cm³/mol. The molecule has 0 aliphatic heterocycles. The molecule has 0 amide bonds. The van der Waals surface area contributed by atoms with Crippen molar-refractivity contribution in [2.24, 2.45) is 0 Å². The lowest BCUT2D eigenvalue weighted by Crippen LogP contribution is -2.25. The van der Waals surface area contributed by atoms with Crippen molar-refractivity contribution in [2.75, 3.05) is 6.54 Å². The first-order valence-electron chi connectivity index (χ1n) is 6.77. The number of benzene rings is 1. The van der Waals surface area contributed by atoms with Gasteiger partial charge in [-0.25, -0.2) is 4.39 Å². The van der Waals surface area contributed by atoms with Gasteiger partial charge < -0.3 is 9.73 Å². The summed E-state index contributed by atoms with van der Waals surface area (Å²) in [5.41, 5.74) is 3.49. The Morgan fingerprint density at radius 3 is 2.65 bits per heavy atom. The summed E-state index contributed by atoms with van der Waals surface area (Å²) in [6.07, 6.45) is 2.60. The number of rotatable bonds is 5. The summed E-state index contributed by atoms with van der Waals surface area (Å²) in [5.74, 6) is -0.177. The first-order chi connectivity index (χ1) is 9.54. The molecule has 0 saturated carbocycles. The fraction of sp³-hybridized carbons (Fsp3) is 0.375. The molecule has 2 rings (SSSR count). The van der Waals surface area contributed by atoms with Crippen LogP contribution in [-0.4, -0.2) is 6.54 Å². The van der Waals surface area contributed by atoms with Gasteiger partial charge in [0.2, 0.25) is 0 Å². The van der Waals surface area contributed by atoms with Gasteiger partial charge in [-0.2, -0.15) is 0 Å². The Morgan fingerprint density at radius 1 is 1.35 bits per heavy atom. The van der Waals surface area contributed by atoms with E-state index in [0.29, 0.717) is 10.2 Å². The van der Waals surface area contributed by atoms with Crippen LogP contribution in [0.3, 0.4) is 0 Å². The normalized spacial score (nSPS) is 12.7. The van der Waals surface area contributed by atoms with Crippen molar-refractivity contribution in [3.05, 3.63) is 57.2 Å². The third kappa shape index (κ3) is 3.13. The fourth-order valence-electron chi connectivity index (χ4n) is 2.46. The van der Waals surface area contributed by atoms with E-state index in [4.69, 9.17) is 4.42 Å². The highest BCUT2D eigenvalue weighted by molar-refractivity contribution is 9.10. The maximum absolute atomic E-state index is 14.4. The first-order valence-corrected chi connectivity index (χ1v) is 7.56. The summed E-state index contributed by atoms with van der Waals surface area (Å²) in [6, 6.07) is 5.25. The minimum atomic E-state index is -0.205. The van der Waals surface area contributed by atoms with Crippen molar-refractivity contribution in [2.45, 2.75) is 33.2 Å². The van der Waals surface area contributed by atoms with Gasteiger partial charge in [-0.1, -0.05) is 13.0 Å². The fourth-order valence-corrected chi connectivity index (χ4v) is 2.93. The van der Waals surface area contributed by atoms with Gasteiger partial charge in [0.15, 0.2) is 4.67 Å². The SMILES string of the molecule is CCCNC(c1ccoc1Br)c1c(C)cc(C)cc1F. The van der Waals surface area contributed by atoms with Gasteiger partial charge >= 0.3 is 0 Å². The lowest BCUT2D eigenvalue weighted by molar-refractivity contribution is 0.512. The van der Waals surface area contributed by atoms with E-state index in [1.54, 1.807) is 12.3 Å². The molecule has 0 saturated heterocycles. The third-order valence-corrected chi connectivity index (χ3v) is 3.97. The van der Waals surface area contributed by atoms with Gasteiger partial charge in [0.1, 0.15) is 5.82 Å². The van der Waals surface area contributed by atoms with Crippen molar-refractivity contribution in [3.8, 4) is 0 Å². The quantitative estimate of drug-likeness (QED) is 0.839. The Balaban J connectivity index is 2.50. The molecule has 2 nitrogen and oxygen atoms in total. The van der Waals surface area contributed by atoms with Crippen LogP contribution >= 0.6 is 15.9 Å². The summed E-state index contributed by atoms with van der Waals surface area (Å²) in [5, 5.41) is 3.40. The molecule has 1 aromatic heterocycles. The van der Waals surface area contributed by atoms with Crippen molar-refractivity contribution in [1.29, 1.82) is 0 Å². The van der Waals surface area contributed by atoms with Crippen LogP contribution in [0.4, 0.5) is 4.39 Å². The highest BCUT2D eigenvalue weighted by Crippen LogP contribution is 2.33. The summed E-state index contributed by atoms with van der Waals surface area (Å²) in [6.45, 7) is 6.75. The van der Waals surface area contributed by atoms with Crippen LogP contribution in [0.2, 0.25) is 0 Å². The second-order valence-electron chi connectivity index (χ2n) is 5.01. The average molecular weight is 340 g/mol. The van der Waals surface area contributed by atoms with Gasteiger partial charge in [0.25, 0.3) is 0 Å². The van der Waals surface area contributed by atoms with Crippen molar-refractivity contribution in [1.82, 2.24) is 5.32 Å². The number of halogens is 2. The largest absolute Gasteiger partial charge is 0.457 e. The molecule has 1 unspecified atom stereocenters. The third-order valence-electron chi connectivity index (χ3n) is 3.32. The van der Waals surface area contributed by atoms with Crippen LogP contribution in [0.15, 0.2) is 33.5 Å². The number of nitrogens with one attached hydrogen (secondary N) is 1. The monoisotopic (exact) mass is 339 g/mol. The summed E-state index contributed by atoms with van der Waals surface area (Å²) >= 11 is 3.39. The molecule has 0 aliphatic carbocycles. The number of hydrogen-bond acceptors (Lipinski definition) is 2. The molecule has 4 heteroatoms. The lowest BCUT2D eigenvalue weighted by atomic mass is 9.94. The molecule has 1 heterocycles. The van der Waals surface area contributed by atoms with Gasteiger partial charge in [0, 0.05) is 11.1 Å². The van der Waals surface area contributed by atoms with E-state index in [-0.39, 0.29) is 11.9 Å². The molecule has 1 N–H and O–H groups in total. The van der Waals surface area contributed by atoms with E-state index in [1.807, 2.05) is 26.0 Å². The summed E-state index contributed by atoms with van der Waals surface area (Å²) < 4.78 is 20.4. The van der Waals surface area contributed by atoms with Crippen molar-refractivity contribution < 1.29 is 8.81 Å². The topological polar surface area (TPSA) is 25.2 Å². The summed E-state index contributed by atoms with van der Waals surface area (Å²) in [7, 11) is 0. The number of aryl methyl sites for hydroxylation is 2. The maximum Gasteiger partial charge on any atom is 0.174 e. The van der Waals surface area contributed by atoms with Gasteiger partial charge in [0.05, 0.1) is 12.3 Å². The van der Waals surface area contributed by atoms with Gasteiger partial charge in [-0.05, 0) is 66.0 Å². The van der Waals surface area contributed by atoms with Gasteiger partial charge in [-0.3, -0.25) is 0 Å². The van der Waals surface area contributed by atoms with Crippen LogP contribution in [0, 0.1) is 19.7 Å². The molecule has 0 radical (unpaired) electrons. The van der Waals surface area contributed by atoms with Crippen molar-refractivity contribution >= 4 is 15.9 Å². The molecule has 0 aliphatic rings. The number of furan rings is 1. The standard InChI is InChI=1S/C16H19BrFNO/c1-4-6-19-15(12-5-7-20-16(12)17)14-11(3)8-10(2)9-13(14)18/h5,7-9,15,19H,4,6H2,1-3H3. The first kappa shape index (κ1) is 15.3. The highest BCUT2D eigenvalue weighted by Gasteiger charge is 2.23. The zero-order valence-corrected chi connectivity index (χ0v) is 13.6. The molecule has 0 bridgehead atoms. The predicted octanol–water partition coefficient (Wildman–Crippen LogP) is 4.89. The Kier molecular flexibility index (Phi) is 5.00. The van der Waals surface area contributed by atoms with E-state index in [2.05, 4.69) is 28.2 Å². The van der Waals surface area contributed by atoms with Crippen LogP contribution in [-0.2, 0) is 0 Å². The van der Waals surface area contributed by atoms with Crippen LogP contribution < -0.4 is 5.32 Å². The zero-order chi connectivity index (χ0) is 14.7. The Bertz CT molecular complexity index is 571. The van der Waals surface area contributed by atoms with E-state index in [0.717, 1.165) is 29.7 Å². The molecule has 0 fully saturated rings. The van der Waals surface area contributed by atoms with Gasteiger partial charge in [-0.15, -0.1) is 0 Å². The maximum atomic E-state index is 14.4. The Hall–Kier alpha value is -1.13. The smallest absolute Gasteiger partial charge is 0.174 e. The molecule has 1 aromatic carbocycles.